The minimum absolute atomic E-state index is 0.0754. The lowest BCUT2D eigenvalue weighted by Gasteiger charge is -2.15. The lowest BCUT2D eigenvalue weighted by atomic mass is 10.2. The molecular weight excluding hydrogens is 429 g/mol. The zero-order valence-corrected chi connectivity index (χ0v) is 17.5. The number of nitrogens with zero attached hydrogens (tertiary/aromatic N) is 3. The van der Waals surface area contributed by atoms with Gasteiger partial charge in [-0.3, -0.25) is 9.13 Å². The van der Waals surface area contributed by atoms with E-state index in [2.05, 4.69) is 0 Å². The fourth-order valence-electron chi connectivity index (χ4n) is 2.37. The second-order valence-electron chi connectivity index (χ2n) is 5.88. The van der Waals surface area contributed by atoms with Gasteiger partial charge < -0.3 is 9.47 Å². The van der Waals surface area contributed by atoms with Crippen molar-refractivity contribution in [2.45, 2.75) is 20.0 Å². The first-order chi connectivity index (χ1) is 13.5. The number of esters is 2. The molecule has 0 unspecified atom stereocenters. The van der Waals surface area contributed by atoms with E-state index in [1.807, 2.05) is 0 Å². The summed E-state index contributed by atoms with van der Waals surface area (Å²) >= 11 is 10.9. The van der Waals surface area contributed by atoms with Crippen molar-refractivity contribution >= 4 is 35.8 Å². The van der Waals surface area contributed by atoms with Gasteiger partial charge in [0.25, 0.3) is 0 Å². The number of ether oxygens (including phenoxy) is 2. The minimum Gasteiger partial charge on any atom is -0.463 e. The molecule has 0 saturated heterocycles. The number of carbonyl (C=O) groups excluding carboxylic acids is 2. The lowest BCUT2D eigenvalue weighted by molar-refractivity contribution is -0.152. The van der Waals surface area contributed by atoms with E-state index in [1.54, 1.807) is 6.92 Å². The monoisotopic (exact) mass is 445 g/mol. The highest BCUT2D eigenvalue weighted by Gasteiger charge is 2.24. The van der Waals surface area contributed by atoms with Crippen LogP contribution in [0.4, 0.5) is 4.39 Å². The van der Waals surface area contributed by atoms with Crippen LogP contribution in [0.5, 0.6) is 0 Å². The van der Waals surface area contributed by atoms with E-state index in [-0.39, 0.29) is 22.0 Å². The molecular formula is C17H17ClFN3O6S. The molecule has 1 atom stereocenters. The van der Waals surface area contributed by atoms with E-state index in [0.717, 1.165) is 21.3 Å². The first-order valence-electron chi connectivity index (χ1n) is 8.27. The summed E-state index contributed by atoms with van der Waals surface area (Å²) in [5.41, 5.74) is -2.71. The Labute approximate surface area is 173 Å². The molecule has 0 aliphatic carbocycles. The number of rotatable bonds is 5. The predicted octanol–water partition coefficient (Wildman–Crippen LogP) is 1.51. The largest absolute Gasteiger partial charge is 0.463 e. The van der Waals surface area contributed by atoms with Gasteiger partial charge in [0.15, 0.2) is 10.9 Å². The Morgan fingerprint density at radius 3 is 2.28 bits per heavy atom. The van der Waals surface area contributed by atoms with Gasteiger partial charge in [0, 0.05) is 14.1 Å². The van der Waals surface area contributed by atoms with Crippen LogP contribution >= 0.6 is 23.8 Å². The van der Waals surface area contributed by atoms with E-state index >= 15 is 0 Å². The number of halogens is 2. The average Bonchev–Trinajstić information content (AvgIpc) is 2.66. The molecule has 2 rings (SSSR count). The van der Waals surface area contributed by atoms with E-state index in [4.69, 9.17) is 33.3 Å². The summed E-state index contributed by atoms with van der Waals surface area (Å²) in [6, 6.07) is 1.65. The minimum atomic E-state index is -1.25. The summed E-state index contributed by atoms with van der Waals surface area (Å²) in [6.07, 6.45) is -1.25. The maximum absolute atomic E-state index is 14.5. The van der Waals surface area contributed by atoms with Crippen molar-refractivity contribution in [3.63, 3.8) is 0 Å². The fourth-order valence-corrected chi connectivity index (χ4v) is 2.76. The van der Waals surface area contributed by atoms with E-state index in [9.17, 15) is 23.6 Å². The maximum Gasteiger partial charge on any atom is 0.347 e. The third-order valence-corrected chi connectivity index (χ3v) is 4.79. The van der Waals surface area contributed by atoms with Gasteiger partial charge in [-0.05, 0) is 38.2 Å². The van der Waals surface area contributed by atoms with Crippen LogP contribution in [-0.2, 0) is 28.4 Å². The van der Waals surface area contributed by atoms with Gasteiger partial charge in [0.1, 0.15) is 5.82 Å². The highest BCUT2D eigenvalue weighted by molar-refractivity contribution is 7.71. The molecule has 0 aliphatic heterocycles. The van der Waals surface area contributed by atoms with Crippen LogP contribution < -0.4 is 11.4 Å². The molecule has 0 saturated carbocycles. The molecule has 9 nitrogen and oxygen atoms in total. The molecule has 0 fully saturated rings. The van der Waals surface area contributed by atoms with Crippen molar-refractivity contribution in [2.75, 3.05) is 6.61 Å². The summed E-state index contributed by atoms with van der Waals surface area (Å²) < 4.78 is 26.6. The van der Waals surface area contributed by atoms with E-state index in [0.29, 0.717) is 4.57 Å². The molecule has 156 valence electrons. The van der Waals surface area contributed by atoms with Gasteiger partial charge in [-0.15, -0.1) is 0 Å². The van der Waals surface area contributed by atoms with Crippen molar-refractivity contribution in [3.05, 3.63) is 54.3 Å². The molecule has 0 spiro atoms. The molecule has 0 radical (unpaired) electrons. The molecule has 29 heavy (non-hydrogen) atoms. The Morgan fingerprint density at radius 2 is 1.76 bits per heavy atom. The standard InChI is InChI=1S/C17H17ClFN3O6S/c1-5-27-13(23)8(2)28-14(24)9-6-12(11(19)7-10(9)18)22-15(25)20(3)17(29)21(4)16(22)26/h6-8H,5H2,1-4H3/t8-/m0/s1. The van der Waals surface area contributed by atoms with Gasteiger partial charge in [0.05, 0.1) is 22.9 Å². The van der Waals surface area contributed by atoms with Crippen LogP contribution in [-0.4, -0.2) is 38.4 Å². The quantitative estimate of drug-likeness (QED) is 0.507. The second-order valence-corrected chi connectivity index (χ2v) is 6.66. The Bertz CT molecular complexity index is 1130. The third-order valence-electron chi connectivity index (χ3n) is 3.93. The first-order valence-corrected chi connectivity index (χ1v) is 9.05. The van der Waals surface area contributed by atoms with Crippen molar-refractivity contribution in [1.82, 2.24) is 13.7 Å². The number of hydrogen-bond donors (Lipinski definition) is 0. The van der Waals surface area contributed by atoms with Crippen molar-refractivity contribution in [1.29, 1.82) is 0 Å². The van der Waals surface area contributed by atoms with Crippen LogP contribution in [0, 0.1) is 10.6 Å². The maximum atomic E-state index is 14.5. The SMILES string of the molecule is CCOC(=O)[C@H](C)OC(=O)c1cc(-n2c(=O)n(C)c(=S)n(C)c2=O)c(F)cc1Cl. The van der Waals surface area contributed by atoms with Crippen molar-refractivity contribution < 1.29 is 23.5 Å². The molecule has 12 heteroatoms. The molecule has 0 bridgehead atoms. The Balaban J connectivity index is 2.61. The Hall–Kier alpha value is -2.79. The summed E-state index contributed by atoms with van der Waals surface area (Å²) in [7, 11) is 2.62. The van der Waals surface area contributed by atoms with Gasteiger partial charge in [-0.1, -0.05) is 11.6 Å². The fraction of sp³-hybridized carbons (Fsp3) is 0.353. The average molecular weight is 446 g/mol. The number of benzene rings is 1. The van der Waals surface area contributed by atoms with Crippen molar-refractivity contribution in [3.8, 4) is 5.69 Å². The van der Waals surface area contributed by atoms with E-state index < -0.39 is 40.9 Å². The zero-order valence-electron chi connectivity index (χ0n) is 15.9. The number of carbonyl (C=O) groups is 2. The van der Waals surface area contributed by atoms with Crippen LogP contribution in [0.1, 0.15) is 24.2 Å². The summed E-state index contributed by atoms with van der Waals surface area (Å²) in [4.78, 5) is 49.0. The van der Waals surface area contributed by atoms with Gasteiger partial charge in [-0.25, -0.2) is 28.1 Å². The Morgan fingerprint density at radius 1 is 1.21 bits per heavy atom. The smallest absolute Gasteiger partial charge is 0.347 e. The first kappa shape index (κ1) is 22.5. The van der Waals surface area contributed by atoms with Gasteiger partial charge in [-0.2, -0.15) is 0 Å². The molecule has 0 aliphatic rings. The summed E-state index contributed by atoms with van der Waals surface area (Å²) in [5.74, 6) is -2.87. The summed E-state index contributed by atoms with van der Waals surface area (Å²) in [6.45, 7) is 2.96. The lowest BCUT2D eigenvalue weighted by Crippen LogP contribution is -2.44. The Kier molecular flexibility index (Phi) is 6.75. The summed E-state index contributed by atoms with van der Waals surface area (Å²) in [5, 5.41) is -0.332. The van der Waals surface area contributed by atoms with E-state index in [1.165, 1.54) is 21.0 Å². The van der Waals surface area contributed by atoms with Gasteiger partial charge >= 0.3 is 23.3 Å². The highest BCUT2D eigenvalue weighted by Crippen LogP contribution is 2.23. The van der Waals surface area contributed by atoms with Crippen LogP contribution in [0.25, 0.3) is 5.69 Å². The molecule has 2 aromatic rings. The molecule has 1 aromatic heterocycles. The van der Waals surface area contributed by atoms with Crippen molar-refractivity contribution in [2.24, 2.45) is 14.1 Å². The molecule has 1 heterocycles. The van der Waals surface area contributed by atoms with Gasteiger partial charge in [0.2, 0.25) is 0 Å². The highest BCUT2D eigenvalue weighted by atomic mass is 35.5. The van der Waals surface area contributed by atoms with Crippen LogP contribution in [0.3, 0.4) is 0 Å². The molecule has 0 N–H and O–H groups in total. The third kappa shape index (κ3) is 4.30. The zero-order chi connectivity index (χ0) is 22.0. The molecule has 0 amide bonds. The normalized spacial score (nSPS) is 11.8. The van der Waals surface area contributed by atoms with Crippen LogP contribution in [0.15, 0.2) is 21.7 Å². The predicted molar refractivity (Wildman–Crippen MR) is 104 cm³/mol. The topological polar surface area (TPSA) is 102 Å². The number of hydrogen-bond acceptors (Lipinski definition) is 7. The molecule has 1 aromatic carbocycles. The van der Waals surface area contributed by atoms with Crippen LogP contribution in [0.2, 0.25) is 5.02 Å². The number of aromatic nitrogens is 3. The second kappa shape index (κ2) is 8.70.